The first-order chi connectivity index (χ1) is 9.59. The van der Waals surface area contributed by atoms with Gasteiger partial charge < -0.3 is 10.2 Å². The summed E-state index contributed by atoms with van der Waals surface area (Å²) >= 11 is 0. The fourth-order valence-electron chi connectivity index (χ4n) is 3.21. The molecule has 0 unspecified atom stereocenters. The molecular formula is C16H26N4O. The van der Waals surface area contributed by atoms with Gasteiger partial charge in [-0.2, -0.15) is 10.5 Å². The van der Waals surface area contributed by atoms with Gasteiger partial charge in [-0.25, -0.2) is 0 Å². The quantitative estimate of drug-likeness (QED) is 0.860. The van der Waals surface area contributed by atoms with Gasteiger partial charge in [0.15, 0.2) is 0 Å². The molecule has 1 rings (SSSR count). The van der Waals surface area contributed by atoms with Gasteiger partial charge >= 0.3 is 0 Å². The molecule has 0 radical (unpaired) electrons. The van der Waals surface area contributed by atoms with Gasteiger partial charge in [0.05, 0.1) is 18.7 Å². The second-order valence-electron chi connectivity index (χ2n) is 7.64. The molecule has 1 heterocycles. The molecule has 0 aromatic carbocycles. The van der Waals surface area contributed by atoms with Crippen molar-refractivity contribution in [1.29, 1.82) is 10.5 Å². The number of carbonyl (C=O) groups is 1. The predicted octanol–water partition coefficient (Wildman–Crippen LogP) is 2.20. The first kappa shape index (κ1) is 17.5. The lowest BCUT2D eigenvalue weighted by Gasteiger charge is -2.34. The largest absolute Gasteiger partial charge is 0.310 e. The smallest absolute Gasteiger partial charge is 0.238 e. The van der Waals surface area contributed by atoms with E-state index in [1.54, 1.807) is 0 Å². The summed E-state index contributed by atoms with van der Waals surface area (Å²) in [6.07, 6.45) is 2.11. The average Bonchev–Trinajstić information content (AvgIpc) is 2.76. The van der Waals surface area contributed by atoms with E-state index in [2.05, 4.69) is 52.1 Å². The van der Waals surface area contributed by atoms with E-state index in [0.717, 1.165) is 6.42 Å². The molecule has 1 saturated heterocycles. The van der Waals surface area contributed by atoms with E-state index in [-0.39, 0.29) is 23.4 Å². The van der Waals surface area contributed by atoms with Crippen LogP contribution in [0.25, 0.3) is 0 Å². The van der Waals surface area contributed by atoms with Crippen LogP contribution in [-0.4, -0.2) is 35.0 Å². The molecule has 0 bridgehead atoms. The van der Waals surface area contributed by atoms with Gasteiger partial charge in [0.2, 0.25) is 5.91 Å². The maximum Gasteiger partial charge on any atom is 0.238 e. The van der Waals surface area contributed by atoms with Gasteiger partial charge in [-0.1, -0.05) is 20.8 Å². The third-order valence-corrected chi connectivity index (χ3v) is 3.66. The Balaban J connectivity index is 2.65. The molecule has 0 spiro atoms. The third kappa shape index (κ3) is 5.02. The lowest BCUT2D eigenvalue weighted by Crippen LogP contribution is -2.50. The van der Waals surface area contributed by atoms with Gasteiger partial charge in [-0.05, 0) is 38.5 Å². The molecule has 0 aromatic heterocycles. The maximum atomic E-state index is 12.4. The SMILES string of the molecule is CC(C)(C)CC(C)(C)NCC(=O)N1[C@H](C#N)CC[C@@H]1C#N. The highest BCUT2D eigenvalue weighted by Crippen LogP contribution is 2.27. The average molecular weight is 290 g/mol. The maximum absolute atomic E-state index is 12.4. The molecule has 0 aliphatic carbocycles. The Bertz CT molecular complexity index is 442. The van der Waals surface area contributed by atoms with Crippen LogP contribution in [0.4, 0.5) is 0 Å². The highest BCUT2D eigenvalue weighted by molar-refractivity contribution is 5.80. The van der Waals surface area contributed by atoms with Gasteiger partial charge in [-0.15, -0.1) is 0 Å². The molecule has 2 atom stereocenters. The molecule has 0 saturated carbocycles. The van der Waals surface area contributed by atoms with E-state index in [4.69, 9.17) is 10.5 Å². The van der Waals surface area contributed by atoms with Crippen molar-refractivity contribution in [2.75, 3.05) is 6.54 Å². The Hall–Kier alpha value is -1.59. The minimum Gasteiger partial charge on any atom is -0.310 e. The number of nitrogens with zero attached hydrogens (tertiary/aromatic N) is 3. The van der Waals surface area contributed by atoms with E-state index in [9.17, 15) is 4.79 Å². The highest BCUT2D eigenvalue weighted by atomic mass is 16.2. The molecule has 1 fully saturated rings. The molecule has 1 amide bonds. The Kier molecular flexibility index (Phi) is 5.36. The molecule has 0 aromatic rings. The topological polar surface area (TPSA) is 79.9 Å². The predicted molar refractivity (Wildman–Crippen MR) is 81.0 cm³/mol. The zero-order chi connectivity index (χ0) is 16.3. The molecule has 1 N–H and O–H groups in total. The number of nitriles is 2. The summed E-state index contributed by atoms with van der Waals surface area (Å²) in [5, 5.41) is 21.5. The van der Waals surface area contributed by atoms with E-state index < -0.39 is 12.1 Å². The second kappa shape index (κ2) is 6.45. The van der Waals surface area contributed by atoms with E-state index >= 15 is 0 Å². The van der Waals surface area contributed by atoms with Crippen LogP contribution >= 0.6 is 0 Å². The molecule has 116 valence electrons. The number of likely N-dealkylation sites (tertiary alicyclic amines) is 1. The highest BCUT2D eigenvalue weighted by Gasteiger charge is 2.37. The fraction of sp³-hybridized carbons (Fsp3) is 0.812. The first-order valence-electron chi connectivity index (χ1n) is 7.45. The zero-order valence-corrected chi connectivity index (χ0v) is 13.7. The fourth-order valence-corrected chi connectivity index (χ4v) is 3.21. The second-order valence-corrected chi connectivity index (χ2v) is 7.64. The summed E-state index contributed by atoms with van der Waals surface area (Å²) in [5.74, 6) is -0.160. The molecule has 5 nitrogen and oxygen atoms in total. The minimum atomic E-state index is -0.463. The summed E-state index contributed by atoms with van der Waals surface area (Å²) < 4.78 is 0. The van der Waals surface area contributed by atoms with Crippen LogP contribution in [0, 0.1) is 28.1 Å². The van der Waals surface area contributed by atoms with E-state index in [1.165, 1.54) is 4.90 Å². The van der Waals surface area contributed by atoms with Crippen LogP contribution in [0.1, 0.15) is 53.9 Å². The zero-order valence-electron chi connectivity index (χ0n) is 13.7. The molecule has 5 heteroatoms. The number of hydrogen-bond acceptors (Lipinski definition) is 4. The van der Waals surface area contributed by atoms with Crippen LogP contribution < -0.4 is 5.32 Å². The van der Waals surface area contributed by atoms with Crippen LogP contribution in [0.15, 0.2) is 0 Å². The van der Waals surface area contributed by atoms with Gasteiger partial charge in [-0.3, -0.25) is 4.79 Å². The molecule has 1 aliphatic rings. The van der Waals surface area contributed by atoms with Crippen molar-refractivity contribution < 1.29 is 4.79 Å². The Morgan fingerprint density at radius 3 is 2.00 bits per heavy atom. The Labute approximate surface area is 127 Å². The van der Waals surface area contributed by atoms with Crippen molar-refractivity contribution >= 4 is 5.91 Å². The number of nitrogens with one attached hydrogen (secondary N) is 1. The summed E-state index contributed by atoms with van der Waals surface area (Å²) in [7, 11) is 0. The standard InChI is InChI=1S/C16H26N4O/c1-15(2,3)11-16(4,5)19-10-14(21)20-12(8-17)6-7-13(20)9-18/h12-13,19H,6-7,10-11H2,1-5H3/t12-,13+. The van der Waals surface area contributed by atoms with Gasteiger partial charge in [0.1, 0.15) is 12.1 Å². The van der Waals surface area contributed by atoms with Crippen molar-refractivity contribution in [2.45, 2.75) is 71.5 Å². The summed E-state index contributed by atoms with van der Waals surface area (Å²) in [6.45, 7) is 10.8. The number of rotatable bonds is 4. The molecular weight excluding hydrogens is 264 g/mol. The lowest BCUT2D eigenvalue weighted by molar-refractivity contribution is -0.131. The van der Waals surface area contributed by atoms with Crippen molar-refractivity contribution in [3.8, 4) is 12.1 Å². The summed E-state index contributed by atoms with van der Waals surface area (Å²) in [6, 6.07) is 3.32. The number of amides is 1. The minimum absolute atomic E-state index is 0.160. The van der Waals surface area contributed by atoms with Crippen LogP contribution in [0.5, 0.6) is 0 Å². The van der Waals surface area contributed by atoms with E-state index in [1.807, 2.05) is 0 Å². The van der Waals surface area contributed by atoms with Crippen LogP contribution in [0.2, 0.25) is 0 Å². The monoisotopic (exact) mass is 290 g/mol. The van der Waals surface area contributed by atoms with Crippen LogP contribution in [-0.2, 0) is 4.79 Å². The normalized spacial score (nSPS) is 22.7. The van der Waals surface area contributed by atoms with Gasteiger partial charge in [0.25, 0.3) is 0 Å². The van der Waals surface area contributed by atoms with Crippen LogP contribution in [0.3, 0.4) is 0 Å². The summed E-state index contributed by atoms with van der Waals surface area (Å²) in [5.41, 5.74) is -0.00448. The third-order valence-electron chi connectivity index (χ3n) is 3.66. The lowest BCUT2D eigenvalue weighted by atomic mass is 9.82. The van der Waals surface area contributed by atoms with Crippen molar-refractivity contribution in [2.24, 2.45) is 5.41 Å². The van der Waals surface area contributed by atoms with E-state index in [0.29, 0.717) is 12.8 Å². The summed E-state index contributed by atoms with van der Waals surface area (Å²) in [4.78, 5) is 13.8. The number of hydrogen-bond donors (Lipinski definition) is 1. The van der Waals surface area contributed by atoms with Gasteiger partial charge in [0, 0.05) is 5.54 Å². The molecule has 1 aliphatic heterocycles. The molecule has 21 heavy (non-hydrogen) atoms. The van der Waals surface area contributed by atoms with Crippen molar-refractivity contribution in [3.63, 3.8) is 0 Å². The van der Waals surface area contributed by atoms with Crippen molar-refractivity contribution in [3.05, 3.63) is 0 Å². The Morgan fingerprint density at radius 2 is 1.62 bits per heavy atom. The first-order valence-corrected chi connectivity index (χ1v) is 7.45. The Morgan fingerprint density at radius 1 is 1.14 bits per heavy atom. The number of carbonyl (C=O) groups excluding carboxylic acids is 1. The van der Waals surface area contributed by atoms with Crippen molar-refractivity contribution in [1.82, 2.24) is 10.2 Å².